The van der Waals surface area contributed by atoms with Gasteiger partial charge in [0.15, 0.2) is 5.16 Å². The van der Waals surface area contributed by atoms with Crippen LogP contribution in [-0.4, -0.2) is 28.3 Å². The number of thioether (sulfide) groups is 1. The minimum atomic E-state index is -0.153. The molecule has 5 nitrogen and oxygen atoms in total. The molecule has 0 atom stereocenters. The molecule has 4 aromatic rings. The Balaban J connectivity index is 1.66. The van der Waals surface area contributed by atoms with Crippen LogP contribution in [0.3, 0.4) is 0 Å². The van der Waals surface area contributed by atoms with E-state index in [1.807, 2.05) is 42.6 Å². The predicted octanol–water partition coefficient (Wildman–Crippen LogP) is 5.16. The van der Waals surface area contributed by atoms with Gasteiger partial charge in [0.05, 0.1) is 17.0 Å². The quantitative estimate of drug-likeness (QED) is 0.308. The zero-order chi connectivity index (χ0) is 21.3. The molecule has 2 heterocycles. The molecular weight excluding hydrogens is 438 g/mol. The summed E-state index contributed by atoms with van der Waals surface area (Å²) in [5, 5.41) is 2.90. The van der Waals surface area contributed by atoms with Crippen molar-refractivity contribution < 1.29 is 4.79 Å². The van der Waals surface area contributed by atoms with Crippen LogP contribution in [0, 0.1) is 6.92 Å². The van der Waals surface area contributed by atoms with Crippen LogP contribution in [0.25, 0.3) is 15.9 Å². The molecule has 152 valence electrons. The third kappa shape index (κ3) is 4.14. The van der Waals surface area contributed by atoms with E-state index in [2.05, 4.69) is 4.98 Å². The molecule has 0 aliphatic heterocycles. The number of nitrogens with zero attached hydrogens (tertiary/aromatic N) is 3. The number of aryl methyl sites for hydroxylation is 1. The fraction of sp³-hybridized carbons (Fsp3) is 0.136. The summed E-state index contributed by atoms with van der Waals surface area (Å²) >= 11 is 8.61. The highest BCUT2D eigenvalue weighted by Crippen LogP contribution is 2.25. The van der Waals surface area contributed by atoms with Gasteiger partial charge < -0.3 is 4.90 Å². The van der Waals surface area contributed by atoms with E-state index in [1.54, 1.807) is 40.8 Å². The summed E-state index contributed by atoms with van der Waals surface area (Å²) in [4.78, 5) is 32.2. The third-order valence-corrected chi connectivity index (χ3v) is 6.69. The van der Waals surface area contributed by atoms with Gasteiger partial charge in [0.25, 0.3) is 5.56 Å². The molecule has 0 fully saturated rings. The molecule has 0 saturated heterocycles. The van der Waals surface area contributed by atoms with Crippen LogP contribution in [0.5, 0.6) is 0 Å². The Bertz CT molecular complexity index is 1280. The summed E-state index contributed by atoms with van der Waals surface area (Å²) in [5.41, 5.74) is 3.06. The number of hydrogen-bond donors (Lipinski definition) is 0. The molecule has 0 unspecified atom stereocenters. The van der Waals surface area contributed by atoms with Crippen molar-refractivity contribution in [1.82, 2.24) is 9.55 Å². The number of rotatable bonds is 5. The Morgan fingerprint density at radius 1 is 1.20 bits per heavy atom. The largest absolute Gasteiger partial charge is 0.315 e. The number of benzene rings is 2. The van der Waals surface area contributed by atoms with Crippen molar-refractivity contribution in [3.8, 4) is 5.69 Å². The van der Waals surface area contributed by atoms with Gasteiger partial charge in [-0.15, -0.1) is 11.3 Å². The van der Waals surface area contributed by atoms with Gasteiger partial charge in [0.1, 0.15) is 4.70 Å². The van der Waals surface area contributed by atoms with Crippen molar-refractivity contribution in [3.63, 3.8) is 0 Å². The van der Waals surface area contributed by atoms with Crippen LogP contribution >= 0.6 is 34.7 Å². The highest BCUT2D eigenvalue weighted by molar-refractivity contribution is 7.99. The predicted molar refractivity (Wildman–Crippen MR) is 126 cm³/mol. The van der Waals surface area contributed by atoms with Gasteiger partial charge >= 0.3 is 0 Å². The van der Waals surface area contributed by atoms with E-state index in [0.717, 1.165) is 11.3 Å². The maximum atomic E-state index is 13.1. The van der Waals surface area contributed by atoms with E-state index >= 15 is 0 Å². The van der Waals surface area contributed by atoms with Crippen molar-refractivity contribution >= 4 is 56.5 Å². The van der Waals surface area contributed by atoms with Crippen molar-refractivity contribution in [3.05, 3.63) is 80.9 Å². The number of amides is 1. The van der Waals surface area contributed by atoms with Crippen LogP contribution in [0.2, 0.25) is 5.02 Å². The average Bonchev–Trinajstić information content (AvgIpc) is 3.21. The maximum Gasteiger partial charge on any atom is 0.276 e. The Labute approximate surface area is 186 Å². The lowest BCUT2D eigenvalue weighted by molar-refractivity contribution is -0.115. The molecule has 8 heteroatoms. The van der Waals surface area contributed by atoms with Crippen LogP contribution in [0.4, 0.5) is 5.69 Å². The molecular formula is C22H18ClN3O2S2. The minimum absolute atomic E-state index is 0.0760. The van der Waals surface area contributed by atoms with E-state index in [9.17, 15) is 9.59 Å². The van der Waals surface area contributed by atoms with Crippen LogP contribution < -0.4 is 10.5 Å². The molecule has 2 aromatic carbocycles. The van der Waals surface area contributed by atoms with Crippen molar-refractivity contribution in [2.75, 3.05) is 17.7 Å². The summed E-state index contributed by atoms with van der Waals surface area (Å²) < 4.78 is 2.12. The molecule has 30 heavy (non-hydrogen) atoms. The number of fused-ring (bicyclic) bond motifs is 1. The Morgan fingerprint density at radius 2 is 1.97 bits per heavy atom. The van der Waals surface area contributed by atoms with Crippen molar-refractivity contribution in [1.29, 1.82) is 0 Å². The lowest BCUT2D eigenvalue weighted by atomic mass is 10.2. The summed E-state index contributed by atoms with van der Waals surface area (Å²) in [6.45, 7) is 1.99. The normalized spacial score (nSPS) is 11.0. The topological polar surface area (TPSA) is 55.2 Å². The fourth-order valence-corrected chi connectivity index (χ4v) is 4.82. The number of thiophene rings is 1. The zero-order valence-electron chi connectivity index (χ0n) is 16.3. The molecule has 0 aliphatic rings. The summed E-state index contributed by atoms with van der Waals surface area (Å²) in [5.74, 6) is 0.0769. The fourth-order valence-electron chi connectivity index (χ4n) is 3.01. The second-order valence-corrected chi connectivity index (χ2v) is 9.02. The first-order valence-electron chi connectivity index (χ1n) is 9.16. The SMILES string of the molecule is Cc1cccc(N(C)C(=O)CSc2nc3ccsc3c(=O)n2-c2ccc(Cl)cc2)c1. The Kier molecular flexibility index (Phi) is 5.94. The first-order valence-corrected chi connectivity index (χ1v) is 11.4. The van der Waals surface area contributed by atoms with Crippen molar-refractivity contribution in [2.45, 2.75) is 12.1 Å². The van der Waals surface area contributed by atoms with Crippen molar-refractivity contribution in [2.24, 2.45) is 0 Å². The minimum Gasteiger partial charge on any atom is -0.315 e. The number of carbonyl (C=O) groups excluding carboxylic acids is 1. The molecule has 0 aliphatic carbocycles. The van der Waals surface area contributed by atoms with E-state index in [0.29, 0.717) is 26.1 Å². The Hall–Kier alpha value is -2.61. The van der Waals surface area contributed by atoms with E-state index < -0.39 is 0 Å². The van der Waals surface area contributed by atoms with E-state index in [1.165, 1.54) is 23.1 Å². The first kappa shape index (κ1) is 20.7. The number of halogens is 1. The number of hydrogen-bond acceptors (Lipinski definition) is 5. The number of aromatic nitrogens is 2. The molecule has 2 aromatic heterocycles. The molecule has 0 saturated carbocycles. The lowest BCUT2D eigenvalue weighted by Gasteiger charge is -2.18. The van der Waals surface area contributed by atoms with Gasteiger partial charge in [-0.05, 0) is 60.3 Å². The summed E-state index contributed by atoms with van der Waals surface area (Å²) in [7, 11) is 1.75. The zero-order valence-corrected chi connectivity index (χ0v) is 18.7. The molecule has 0 radical (unpaired) electrons. The van der Waals surface area contributed by atoms with Gasteiger partial charge in [-0.25, -0.2) is 4.98 Å². The van der Waals surface area contributed by atoms with Crippen LogP contribution in [0.1, 0.15) is 5.56 Å². The maximum absolute atomic E-state index is 13.1. The summed E-state index contributed by atoms with van der Waals surface area (Å²) in [6.07, 6.45) is 0. The molecule has 0 spiro atoms. The monoisotopic (exact) mass is 455 g/mol. The first-order chi connectivity index (χ1) is 14.4. The highest BCUT2D eigenvalue weighted by Gasteiger charge is 2.17. The molecule has 4 rings (SSSR count). The van der Waals surface area contributed by atoms with E-state index in [4.69, 9.17) is 11.6 Å². The smallest absolute Gasteiger partial charge is 0.276 e. The van der Waals surface area contributed by atoms with Gasteiger partial charge in [-0.1, -0.05) is 35.5 Å². The van der Waals surface area contributed by atoms with Gasteiger partial charge in [0.2, 0.25) is 5.91 Å². The third-order valence-electron chi connectivity index (χ3n) is 4.62. The Morgan fingerprint density at radius 3 is 2.70 bits per heavy atom. The molecule has 1 amide bonds. The lowest BCUT2D eigenvalue weighted by Crippen LogP contribution is -2.28. The molecule has 0 N–H and O–H groups in total. The highest BCUT2D eigenvalue weighted by atomic mass is 35.5. The van der Waals surface area contributed by atoms with Gasteiger partial charge in [-0.3, -0.25) is 14.2 Å². The van der Waals surface area contributed by atoms with Gasteiger partial charge in [-0.2, -0.15) is 0 Å². The van der Waals surface area contributed by atoms with Crippen LogP contribution in [-0.2, 0) is 4.79 Å². The standard InChI is InChI=1S/C22H18ClN3O2S2/c1-14-4-3-5-17(12-14)25(2)19(27)13-30-22-24-18-10-11-29-20(18)21(28)26(22)16-8-6-15(23)7-9-16/h3-12H,13H2,1-2H3. The summed E-state index contributed by atoms with van der Waals surface area (Å²) in [6, 6.07) is 16.6. The van der Waals surface area contributed by atoms with Crippen LogP contribution in [0.15, 0.2) is 69.9 Å². The van der Waals surface area contributed by atoms with Gasteiger partial charge in [0, 0.05) is 17.8 Å². The number of carbonyl (C=O) groups is 1. The average molecular weight is 456 g/mol. The number of anilines is 1. The second kappa shape index (κ2) is 8.63. The second-order valence-electron chi connectivity index (χ2n) is 6.73. The van der Waals surface area contributed by atoms with E-state index in [-0.39, 0.29) is 17.2 Å². The molecule has 0 bridgehead atoms.